The van der Waals surface area contributed by atoms with E-state index in [2.05, 4.69) is 14.8 Å². The minimum atomic E-state index is -4.12. The Morgan fingerprint density at radius 1 is 1.04 bits per heavy atom. The molecule has 1 heterocycles. The van der Waals surface area contributed by atoms with Gasteiger partial charge >= 0.3 is 0 Å². The molecule has 0 unspecified atom stereocenters. The van der Waals surface area contributed by atoms with Crippen molar-refractivity contribution in [2.75, 3.05) is 4.72 Å². The summed E-state index contributed by atoms with van der Waals surface area (Å²) in [5, 5.41) is 4.14. The maximum Gasteiger partial charge on any atom is 0.267 e. The Morgan fingerprint density at radius 2 is 1.75 bits per heavy atom. The lowest BCUT2D eigenvalue weighted by atomic mass is 10.2. The first-order valence-corrected chi connectivity index (χ1v) is 8.64. The molecule has 0 fully saturated rings. The van der Waals surface area contributed by atoms with E-state index in [4.69, 9.17) is 0 Å². The van der Waals surface area contributed by atoms with Gasteiger partial charge in [-0.1, -0.05) is 30.3 Å². The average Bonchev–Trinajstić information content (AvgIpc) is 2.87. The Labute approximate surface area is 139 Å². The standard InChI is InChI=1S/C16H15FN4O2S/c1-11-7-6-10-14(17)15(11)24(22,23)20-16-18-12(2)21(19-16)13-8-4-3-5-9-13/h3-10H,1-2H3,(H,19,20). The second kappa shape index (κ2) is 6.04. The quantitative estimate of drug-likeness (QED) is 0.788. The zero-order chi connectivity index (χ0) is 17.3. The third kappa shape index (κ3) is 3.00. The molecule has 0 aliphatic rings. The SMILES string of the molecule is Cc1cccc(F)c1S(=O)(=O)Nc1nc(C)n(-c2ccccc2)n1. The van der Waals surface area contributed by atoms with Crippen LogP contribution >= 0.6 is 0 Å². The van der Waals surface area contributed by atoms with Crippen LogP contribution in [0.15, 0.2) is 53.4 Å². The van der Waals surface area contributed by atoms with E-state index in [0.717, 1.165) is 11.8 Å². The van der Waals surface area contributed by atoms with Crippen LogP contribution in [0.1, 0.15) is 11.4 Å². The molecule has 0 spiro atoms. The molecule has 0 bridgehead atoms. The normalized spacial score (nSPS) is 11.5. The number of anilines is 1. The van der Waals surface area contributed by atoms with E-state index in [0.29, 0.717) is 11.4 Å². The van der Waals surface area contributed by atoms with E-state index in [-0.39, 0.29) is 5.95 Å². The van der Waals surface area contributed by atoms with E-state index in [9.17, 15) is 12.8 Å². The van der Waals surface area contributed by atoms with E-state index in [1.54, 1.807) is 6.92 Å². The highest BCUT2D eigenvalue weighted by Gasteiger charge is 2.23. The first kappa shape index (κ1) is 16.1. The molecule has 0 radical (unpaired) electrons. The van der Waals surface area contributed by atoms with Crippen molar-refractivity contribution in [3.63, 3.8) is 0 Å². The van der Waals surface area contributed by atoms with Gasteiger partial charge in [0.2, 0.25) is 0 Å². The number of hydrogen-bond acceptors (Lipinski definition) is 4. The third-order valence-electron chi connectivity index (χ3n) is 3.43. The molecular weight excluding hydrogens is 331 g/mol. The first-order chi connectivity index (χ1) is 11.4. The first-order valence-electron chi connectivity index (χ1n) is 7.15. The fourth-order valence-corrected chi connectivity index (χ4v) is 3.62. The van der Waals surface area contributed by atoms with Gasteiger partial charge in [0.05, 0.1) is 5.69 Å². The number of benzene rings is 2. The third-order valence-corrected chi connectivity index (χ3v) is 4.93. The largest absolute Gasteiger partial charge is 0.267 e. The van der Waals surface area contributed by atoms with Crippen LogP contribution in [-0.2, 0) is 10.0 Å². The van der Waals surface area contributed by atoms with Gasteiger partial charge in [-0.25, -0.2) is 22.2 Å². The summed E-state index contributed by atoms with van der Waals surface area (Å²) in [5.74, 6) is -0.426. The number of nitrogens with zero attached hydrogens (tertiary/aromatic N) is 3. The molecule has 0 atom stereocenters. The monoisotopic (exact) mass is 346 g/mol. The van der Waals surface area contributed by atoms with Crippen LogP contribution in [-0.4, -0.2) is 23.2 Å². The van der Waals surface area contributed by atoms with E-state index in [1.165, 1.54) is 23.7 Å². The van der Waals surface area contributed by atoms with Crippen molar-refractivity contribution in [1.29, 1.82) is 0 Å². The lowest BCUT2D eigenvalue weighted by molar-refractivity contribution is 0.568. The highest BCUT2D eigenvalue weighted by molar-refractivity contribution is 7.92. The van der Waals surface area contributed by atoms with E-state index >= 15 is 0 Å². The summed E-state index contributed by atoms with van der Waals surface area (Å²) >= 11 is 0. The number of para-hydroxylation sites is 1. The predicted octanol–water partition coefficient (Wildman–Crippen LogP) is 2.82. The molecule has 3 rings (SSSR count). The van der Waals surface area contributed by atoms with Crippen molar-refractivity contribution in [2.24, 2.45) is 0 Å². The van der Waals surface area contributed by atoms with Crippen molar-refractivity contribution in [2.45, 2.75) is 18.7 Å². The zero-order valence-electron chi connectivity index (χ0n) is 13.1. The van der Waals surface area contributed by atoms with Crippen LogP contribution in [0.5, 0.6) is 0 Å². The van der Waals surface area contributed by atoms with Crippen LogP contribution in [0.4, 0.5) is 10.3 Å². The van der Waals surface area contributed by atoms with Gasteiger partial charge in [-0.05, 0) is 37.6 Å². The number of aryl methyl sites for hydroxylation is 2. The minimum absolute atomic E-state index is 0.112. The Morgan fingerprint density at radius 3 is 2.42 bits per heavy atom. The Kier molecular flexibility index (Phi) is 4.06. The molecule has 0 saturated carbocycles. The van der Waals surface area contributed by atoms with Gasteiger partial charge in [0, 0.05) is 0 Å². The van der Waals surface area contributed by atoms with Gasteiger partial charge < -0.3 is 0 Å². The second-order valence-corrected chi connectivity index (χ2v) is 6.84. The predicted molar refractivity (Wildman–Crippen MR) is 88.0 cm³/mol. The molecule has 6 nitrogen and oxygen atoms in total. The summed E-state index contributed by atoms with van der Waals surface area (Å²) in [6, 6.07) is 13.3. The lowest BCUT2D eigenvalue weighted by Gasteiger charge is -2.08. The number of halogens is 1. The summed E-state index contributed by atoms with van der Waals surface area (Å²) in [4.78, 5) is 3.69. The number of hydrogen-bond donors (Lipinski definition) is 1. The lowest BCUT2D eigenvalue weighted by Crippen LogP contribution is -2.17. The van der Waals surface area contributed by atoms with E-state index in [1.807, 2.05) is 30.3 Å². The average molecular weight is 346 g/mol. The summed E-state index contributed by atoms with van der Waals surface area (Å²) < 4.78 is 42.6. The molecule has 24 heavy (non-hydrogen) atoms. The minimum Gasteiger partial charge on any atom is -0.246 e. The molecule has 3 aromatic rings. The molecule has 0 aliphatic carbocycles. The molecule has 8 heteroatoms. The fourth-order valence-electron chi connectivity index (χ4n) is 2.38. The van der Waals surface area contributed by atoms with Crippen LogP contribution < -0.4 is 4.72 Å². The Balaban J connectivity index is 1.97. The maximum absolute atomic E-state index is 13.9. The molecular formula is C16H15FN4O2S. The maximum atomic E-state index is 13.9. The van der Waals surface area contributed by atoms with Gasteiger partial charge in [-0.15, -0.1) is 5.10 Å². The van der Waals surface area contributed by atoms with Gasteiger partial charge in [-0.2, -0.15) is 4.98 Å². The number of sulfonamides is 1. The van der Waals surface area contributed by atoms with Crippen LogP contribution in [0.2, 0.25) is 0 Å². The van der Waals surface area contributed by atoms with Crippen molar-refractivity contribution < 1.29 is 12.8 Å². The summed E-state index contributed by atoms with van der Waals surface area (Å²) in [6.45, 7) is 3.23. The van der Waals surface area contributed by atoms with E-state index < -0.39 is 20.7 Å². The smallest absolute Gasteiger partial charge is 0.246 e. The molecule has 0 aliphatic heterocycles. The van der Waals surface area contributed by atoms with Crippen LogP contribution in [0.3, 0.4) is 0 Å². The number of aromatic nitrogens is 3. The summed E-state index contributed by atoms with van der Waals surface area (Å²) in [6.07, 6.45) is 0. The van der Waals surface area contributed by atoms with Crippen molar-refractivity contribution >= 4 is 16.0 Å². The van der Waals surface area contributed by atoms with Crippen LogP contribution in [0, 0.1) is 19.7 Å². The van der Waals surface area contributed by atoms with Gasteiger partial charge in [-0.3, -0.25) is 0 Å². The number of nitrogens with one attached hydrogen (secondary N) is 1. The number of rotatable bonds is 4. The topological polar surface area (TPSA) is 76.9 Å². The van der Waals surface area contributed by atoms with Crippen LogP contribution in [0.25, 0.3) is 5.69 Å². The zero-order valence-corrected chi connectivity index (χ0v) is 13.9. The molecule has 0 saturated heterocycles. The molecule has 2 aromatic carbocycles. The summed E-state index contributed by atoms with van der Waals surface area (Å²) in [5.41, 5.74) is 1.05. The molecule has 1 aromatic heterocycles. The fraction of sp³-hybridized carbons (Fsp3) is 0.125. The van der Waals surface area contributed by atoms with Gasteiger partial charge in [0.15, 0.2) is 0 Å². The summed E-state index contributed by atoms with van der Waals surface area (Å²) in [7, 11) is -4.12. The van der Waals surface area contributed by atoms with Crippen molar-refractivity contribution in [3.8, 4) is 5.69 Å². The molecule has 124 valence electrons. The Hall–Kier alpha value is -2.74. The highest BCUT2D eigenvalue weighted by Crippen LogP contribution is 2.21. The Bertz CT molecular complexity index is 964. The molecule has 0 amide bonds. The van der Waals surface area contributed by atoms with Gasteiger partial charge in [0.25, 0.3) is 16.0 Å². The second-order valence-electron chi connectivity index (χ2n) is 5.22. The van der Waals surface area contributed by atoms with Gasteiger partial charge in [0.1, 0.15) is 16.5 Å². The highest BCUT2D eigenvalue weighted by atomic mass is 32.2. The molecule has 1 N–H and O–H groups in total. The van der Waals surface area contributed by atoms with Crippen molar-refractivity contribution in [3.05, 3.63) is 65.7 Å². The van der Waals surface area contributed by atoms with Crippen molar-refractivity contribution in [1.82, 2.24) is 14.8 Å².